The Morgan fingerprint density at radius 2 is 2.17 bits per heavy atom. The molecule has 1 unspecified atom stereocenters. The Morgan fingerprint density at radius 1 is 1.39 bits per heavy atom. The zero-order valence-corrected chi connectivity index (χ0v) is 13.8. The summed E-state index contributed by atoms with van der Waals surface area (Å²) in [5.41, 5.74) is 1.77. The number of carbonyl (C=O) groups excluding carboxylic acids is 2. The van der Waals surface area contributed by atoms with E-state index in [1.54, 1.807) is 4.90 Å². The molecule has 0 spiro atoms. The van der Waals surface area contributed by atoms with Gasteiger partial charge < -0.3 is 15.0 Å². The third kappa shape index (κ3) is 3.39. The van der Waals surface area contributed by atoms with Crippen LogP contribution in [0.3, 0.4) is 0 Å². The van der Waals surface area contributed by atoms with Crippen LogP contribution in [0, 0.1) is 0 Å². The van der Waals surface area contributed by atoms with Crippen LogP contribution in [0.4, 0.5) is 5.69 Å². The van der Waals surface area contributed by atoms with E-state index in [4.69, 9.17) is 4.74 Å². The fourth-order valence-corrected chi connectivity index (χ4v) is 3.39. The largest absolute Gasteiger partial charge is 0.376 e. The van der Waals surface area contributed by atoms with Crippen LogP contribution in [0.2, 0.25) is 0 Å². The van der Waals surface area contributed by atoms with Crippen LogP contribution in [-0.4, -0.2) is 37.6 Å². The summed E-state index contributed by atoms with van der Waals surface area (Å²) in [6, 6.07) is 7.84. The molecule has 5 nitrogen and oxygen atoms in total. The van der Waals surface area contributed by atoms with Crippen LogP contribution in [0.1, 0.15) is 38.7 Å². The average molecular weight is 316 g/mol. The molecule has 2 heterocycles. The van der Waals surface area contributed by atoms with Crippen LogP contribution in [0.15, 0.2) is 24.3 Å². The Hall–Kier alpha value is -1.88. The summed E-state index contributed by atoms with van der Waals surface area (Å²) >= 11 is 0. The van der Waals surface area contributed by atoms with Crippen molar-refractivity contribution in [1.29, 1.82) is 0 Å². The van der Waals surface area contributed by atoms with Gasteiger partial charge in [0, 0.05) is 30.7 Å². The number of nitrogens with zero attached hydrogens (tertiary/aromatic N) is 1. The van der Waals surface area contributed by atoms with Crippen molar-refractivity contribution in [1.82, 2.24) is 5.32 Å². The predicted octanol–water partition coefficient (Wildman–Crippen LogP) is 2.00. The summed E-state index contributed by atoms with van der Waals surface area (Å²) in [5, 5.41) is 2.89. The highest BCUT2D eigenvalue weighted by Gasteiger charge is 2.37. The molecule has 1 fully saturated rings. The lowest BCUT2D eigenvalue weighted by Gasteiger charge is -2.38. The average Bonchev–Trinajstić information content (AvgIpc) is 3.02. The standard InChI is InChI=1S/C18H24N2O3/c1-18(2)10-17(22)20(15-8-4-3-7-14(15)18)12-16(21)19-11-13-6-5-9-23-13/h3-4,7-8,13H,5-6,9-12H2,1-2H3,(H,19,21). The third-order valence-electron chi connectivity index (χ3n) is 4.67. The van der Waals surface area contributed by atoms with Crippen LogP contribution in [-0.2, 0) is 19.7 Å². The summed E-state index contributed by atoms with van der Waals surface area (Å²) in [6.45, 7) is 5.50. The first-order chi connectivity index (χ1) is 11.0. The number of fused-ring (bicyclic) bond motifs is 1. The van der Waals surface area contributed by atoms with Gasteiger partial charge in [0.05, 0.1) is 6.10 Å². The monoisotopic (exact) mass is 316 g/mol. The molecule has 1 N–H and O–H groups in total. The summed E-state index contributed by atoms with van der Waals surface area (Å²) in [7, 11) is 0. The SMILES string of the molecule is CC1(C)CC(=O)N(CC(=O)NCC2CCCO2)c2ccccc21. The second kappa shape index (κ2) is 6.32. The molecule has 1 aromatic carbocycles. The van der Waals surface area contributed by atoms with E-state index in [0.29, 0.717) is 13.0 Å². The molecule has 0 aliphatic carbocycles. The fourth-order valence-electron chi connectivity index (χ4n) is 3.39. The molecule has 2 amide bonds. The molecule has 0 radical (unpaired) electrons. The van der Waals surface area contributed by atoms with Crippen molar-refractivity contribution >= 4 is 17.5 Å². The van der Waals surface area contributed by atoms with Crippen molar-refractivity contribution in [2.24, 2.45) is 0 Å². The van der Waals surface area contributed by atoms with Crippen molar-refractivity contribution in [2.75, 3.05) is 24.6 Å². The normalized spacial score (nSPS) is 22.8. The Balaban J connectivity index is 1.69. The number of benzene rings is 1. The maximum absolute atomic E-state index is 12.5. The zero-order valence-electron chi connectivity index (χ0n) is 13.8. The fraction of sp³-hybridized carbons (Fsp3) is 0.556. The first kappa shape index (κ1) is 16.0. The van der Waals surface area contributed by atoms with Gasteiger partial charge in [-0.1, -0.05) is 32.0 Å². The molecule has 2 aliphatic heterocycles. The number of rotatable bonds is 4. The molecule has 124 valence electrons. The molecular weight excluding hydrogens is 292 g/mol. The van der Waals surface area contributed by atoms with Crippen LogP contribution in [0.5, 0.6) is 0 Å². The molecule has 1 saturated heterocycles. The van der Waals surface area contributed by atoms with Gasteiger partial charge in [-0.2, -0.15) is 0 Å². The second-order valence-corrected chi connectivity index (χ2v) is 7.00. The minimum absolute atomic E-state index is 0.000895. The van der Waals surface area contributed by atoms with E-state index >= 15 is 0 Å². The molecule has 0 aromatic heterocycles. The van der Waals surface area contributed by atoms with Crippen LogP contribution in [0.25, 0.3) is 0 Å². The van der Waals surface area contributed by atoms with Crippen molar-refractivity contribution in [3.63, 3.8) is 0 Å². The predicted molar refractivity (Wildman–Crippen MR) is 88.4 cm³/mol. The van der Waals surface area contributed by atoms with Gasteiger partial charge in [-0.25, -0.2) is 0 Å². The molecule has 1 atom stereocenters. The quantitative estimate of drug-likeness (QED) is 0.924. The lowest BCUT2D eigenvalue weighted by Crippen LogP contribution is -2.47. The summed E-state index contributed by atoms with van der Waals surface area (Å²) in [5.74, 6) is -0.135. The van der Waals surface area contributed by atoms with E-state index in [9.17, 15) is 9.59 Å². The number of hydrogen-bond donors (Lipinski definition) is 1. The topological polar surface area (TPSA) is 58.6 Å². The van der Waals surface area contributed by atoms with Crippen molar-refractivity contribution in [3.8, 4) is 0 Å². The number of ether oxygens (including phenoxy) is 1. The lowest BCUT2D eigenvalue weighted by atomic mass is 9.77. The number of nitrogens with one attached hydrogen (secondary N) is 1. The first-order valence-corrected chi connectivity index (χ1v) is 8.25. The Labute approximate surface area is 137 Å². The summed E-state index contributed by atoms with van der Waals surface area (Å²) in [4.78, 5) is 26.3. The van der Waals surface area contributed by atoms with E-state index in [0.717, 1.165) is 30.7 Å². The number of para-hydroxylation sites is 1. The number of hydrogen-bond acceptors (Lipinski definition) is 3. The van der Waals surface area contributed by atoms with Gasteiger partial charge in [0.2, 0.25) is 11.8 Å². The Kier molecular flexibility index (Phi) is 4.39. The van der Waals surface area contributed by atoms with Gasteiger partial charge in [0.15, 0.2) is 0 Å². The van der Waals surface area contributed by atoms with E-state index in [-0.39, 0.29) is 29.9 Å². The Bertz CT molecular complexity index is 606. The van der Waals surface area contributed by atoms with Crippen molar-refractivity contribution in [2.45, 2.75) is 44.6 Å². The van der Waals surface area contributed by atoms with E-state index in [2.05, 4.69) is 19.2 Å². The maximum Gasteiger partial charge on any atom is 0.240 e. The van der Waals surface area contributed by atoms with Crippen LogP contribution < -0.4 is 10.2 Å². The minimum atomic E-state index is -0.196. The molecular formula is C18H24N2O3. The van der Waals surface area contributed by atoms with Gasteiger partial charge in [-0.05, 0) is 24.5 Å². The maximum atomic E-state index is 12.5. The Morgan fingerprint density at radius 3 is 2.91 bits per heavy atom. The minimum Gasteiger partial charge on any atom is -0.376 e. The first-order valence-electron chi connectivity index (χ1n) is 8.25. The van der Waals surface area contributed by atoms with Gasteiger partial charge in [-0.15, -0.1) is 0 Å². The van der Waals surface area contributed by atoms with Gasteiger partial charge in [0.1, 0.15) is 6.54 Å². The number of amides is 2. The van der Waals surface area contributed by atoms with E-state index < -0.39 is 0 Å². The zero-order chi connectivity index (χ0) is 16.4. The molecule has 23 heavy (non-hydrogen) atoms. The van der Waals surface area contributed by atoms with Crippen LogP contribution >= 0.6 is 0 Å². The van der Waals surface area contributed by atoms with Gasteiger partial charge in [-0.3, -0.25) is 9.59 Å². The smallest absolute Gasteiger partial charge is 0.240 e. The molecule has 0 saturated carbocycles. The number of carbonyl (C=O) groups is 2. The highest BCUT2D eigenvalue weighted by atomic mass is 16.5. The summed E-state index contributed by atoms with van der Waals surface area (Å²) < 4.78 is 5.50. The van der Waals surface area contributed by atoms with Gasteiger partial charge >= 0.3 is 0 Å². The van der Waals surface area contributed by atoms with Crippen molar-refractivity contribution in [3.05, 3.63) is 29.8 Å². The lowest BCUT2D eigenvalue weighted by molar-refractivity contribution is -0.125. The molecule has 2 aliphatic rings. The molecule has 1 aromatic rings. The molecule has 0 bridgehead atoms. The highest BCUT2D eigenvalue weighted by molar-refractivity contribution is 6.02. The number of anilines is 1. The van der Waals surface area contributed by atoms with Crippen molar-refractivity contribution < 1.29 is 14.3 Å². The van der Waals surface area contributed by atoms with Gasteiger partial charge in [0.25, 0.3) is 0 Å². The highest BCUT2D eigenvalue weighted by Crippen LogP contribution is 2.39. The molecule has 3 rings (SSSR count). The molecule has 5 heteroatoms. The third-order valence-corrected chi connectivity index (χ3v) is 4.67. The summed E-state index contributed by atoms with van der Waals surface area (Å²) in [6.07, 6.45) is 2.57. The van der Waals surface area contributed by atoms with E-state index in [1.165, 1.54) is 0 Å². The van der Waals surface area contributed by atoms with E-state index in [1.807, 2.05) is 24.3 Å². The second-order valence-electron chi connectivity index (χ2n) is 7.00.